The highest BCUT2D eigenvalue weighted by Crippen LogP contribution is 2.33. The molecule has 1 atom stereocenters. The van der Waals surface area contributed by atoms with Gasteiger partial charge in [0.2, 0.25) is 10.0 Å². The topological polar surface area (TPSA) is 72.6 Å². The zero-order valence-corrected chi connectivity index (χ0v) is 15.0. The predicted octanol–water partition coefficient (Wildman–Crippen LogP) is 2.59. The Labute approximate surface area is 135 Å². The molecule has 1 unspecified atom stereocenters. The number of hydrogen-bond acceptors (Lipinski definition) is 4. The van der Waals surface area contributed by atoms with E-state index < -0.39 is 10.0 Å². The van der Waals surface area contributed by atoms with Gasteiger partial charge >= 0.3 is 0 Å². The van der Waals surface area contributed by atoms with Gasteiger partial charge < -0.3 is 10.5 Å². The van der Waals surface area contributed by atoms with Crippen molar-refractivity contribution in [3.05, 3.63) is 21.1 Å². The van der Waals surface area contributed by atoms with Gasteiger partial charge in [0.15, 0.2) is 0 Å². The molecule has 1 aromatic rings. The smallest absolute Gasteiger partial charge is 0.246 e. The van der Waals surface area contributed by atoms with E-state index in [1.165, 1.54) is 4.31 Å². The van der Waals surface area contributed by atoms with Crippen LogP contribution in [-0.4, -0.2) is 39.0 Å². The highest BCUT2D eigenvalue weighted by Gasteiger charge is 2.29. The Morgan fingerprint density at radius 2 is 2.15 bits per heavy atom. The first kappa shape index (κ1) is 16.2. The number of benzene rings is 1. The largest absolute Gasteiger partial charge is 0.398 e. The molecule has 0 radical (unpaired) electrons. The van der Waals surface area contributed by atoms with Gasteiger partial charge in [-0.1, -0.05) is 15.9 Å². The molecule has 20 heavy (non-hydrogen) atoms. The van der Waals surface area contributed by atoms with Crippen LogP contribution in [0.3, 0.4) is 0 Å². The number of rotatable bonds is 4. The third-order valence-corrected chi connectivity index (χ3v) is 6.48. The normalized spacial score (nSPS) is 19.7. The van der Waals surface area contributed by atoms with Gasteiger partial charge in [-0.25, -0.2) is 8.42 Å². The van der Waals surface area contributed by atoms with Crippen molar-refractivity contribution >= 4 is 47.6 Å². The zero-order chi connectivity index (χ0) is 14.9. The molecule has 1 fully saturated rings. The summed E-state index contributed by atoms with van der Waals surface area (Å²) in [4.78, 5) is 0.0983. The van der Waals surface area contributed by atoms with E-state index in [0.29, 0.717) is 17.6 Å². The maximum Gasteiger partial charge on any atom is 0.246 e. The molecule has 2 N–H and O–H groups in total. The minimum absolute atomic E-state index is 0.0368. The average molecular weight is 428 g/mol. The predicted molar refractivity (Wildman–Crippen MR) is 85.0 cm³/mol. The zero-order valence-electron chi connectivity index (χ0n) is 11.0. The van der Waals surface area contributed by atoms with Crippen molar-refractivity contribution in [2.45, 2.75) is 23.8 Å². The minimum atomic E-state index is -3.64. The maximum atomic E-state index is 12.6. The van der Waals surface area contributed by atoms with E-state index in [4.69, 9.17) is 10.5 Å². The van der Waals surface area contributed by atoms with Gasteiger partial charge in [-0.05, 0) is 40.9 Å². The number of halogens is 2. The standard InChI is InChI=1S/C12H16Br2N2O3S/c1-16(7-9-3-2-4-19-9)20(17,18)12-10(14)5-8(13)6-11(12)15/h5-6,9H,2-4,7,15H2,1H3. The third-order valence-electron chi connectivity index (χ3n) is 3.19. The second-order valence-corrected chi connectivity index (χ2v) is 8.48. The Hall–Kier alpha value is -0.150. The monoisotopic (exact) mass is 426 g/mol. The van der Waals surface area contributed by atoms with Crippen LogP contribution in [0.4, 0.5) is 5.69 Å². The van der Waals surface area contributed by atoms with Gasteiger partial charge in [0, 0.05) is 29.1 Å². The van der Waals surface area contributed by atoms with E-state index in [1.54, 1.807) is 19.2 Å². The lowest BCUT2D eigenvalue weighted by molar-refractivity contribution is 0.0979. The minimum Gasteiger partial charge on any atom is -0.398 e. The van der Waals surface area contributed by atoms with Crippen molar-refractivity contribution in [3.63, 3.8) is 0 Å². The van der Waals surface area contributed by atoms with Crippen molar-refractivity contribution in [2.75, 3.05) is 25.9 Å². The van der Waals surface area contributed by atoms with Crippen molar-refractivity contribution in [3.8, 4) is 0 Å². The fraction of sp³-hybridized carbons (Fsp3) is 0.500. The van der Waals surface area contributed by atoms with Crippen molar-refractivity contribution in [1.29, 1.82) is 0 Å². The van der Waals surface area contributed by atoms with E-state index in [9.17, 15) is 8.42 Å². The number of anilines is 1. The molecule has 5 nitrogen and oxygen atoms in total. The van der Waals surface area contributed by atoms with Crippen LogP contribution in [0.2, 0.25) is 0 Å². The molecule has 1 aromatic carbocycles. The number of nitrogens with zero attached hydrogens (tertiary/aromatic N) is 1. The summed E-state index contributed by atoms with van der Waals surface area (Å²) in [7, 11) is -2.10. The van der Waals surface area contributed by atoms with Crippen LogP contribution >= 0.6 is 31.9 Å². The van der Waals surface area contributed by atoms with Crippen LogP contribution < -0.4 is 5.73 Å². The highest BCUT2D eigenvalue weighted by atomic mass is 79.9. The van der Waals surface area contributed by atoms with Crippen LogP contribution in [0.25, 0.3) is 0 Å². The highest BCUT2D eigenvalue weighted by molar-refractivity contribution is 9.11. The summed E-state index contributed by atoms with van der Waals surface area (Å²) in [5.74, 6) is 0. The van der Waals surface area contributed by atoms with Gasteiger partial charge in [-0.15, -0.1) is 0 Å². The number of hydrogen-bond donors (Lipinski definition) is 1. The van der Waals surface area contributed by atoms with Crippen molar-refractivity contribution in [1.82, 2.24) is 4.31 Å². The molecule has 0 bridgehead atoms. The Morgan fingerprint density at radius 3 is 2.70 bits per heavy atom. The van der Waals surface area contributed by atoms with Gasteiger partial charge in [0.25, 0.3) is 0 Å². The van der Waals surface area contributed by atoms with E-state index in [0.717, 1.165) is 17.3 Å². The molecule has 1 heterocycles. The Morgan fingerprint density at radius 1 is 1.45 bits per heavy atom. The van der Waals surface area contributed by atoms with Crippen molar-refractivity contribution < 1.29 is 13.2 Å². The first-order valence-electron chi connectivity index (χ1n) is 6.15. The van der Waals surface area contributed by atoms with E-state index in [-0.39, 0.29) is 16.7 Å². The summed E-state index contributed by atoms with van der Waals surface area (Å²) >= 11 is 6.55. The number of nitrogens with two attached hydrogens (primary N) is 1. The second kappa shape index (κ2) is 6.31. The van der Waals surface area contributed by atoms with Gasteiger partial charge in [-0.3, -0.25) is 0 Å². The summed E-state index contributed by atoms with van der Waals surface area (Å²) in [6, 6.07) is 3.25. The molecule has 8 heteroatoms. The number of likely N-dealkylation sites (N-methyl/N-ethyl adjacent to an activating group) is 1. The molecule has 0 amide bonds. The van der Waals surface area contributed by atoms with Crippen LogP contribution in [0.5, 0.6) is 0 Å². The number of nitrogen functional groups attached to an aromatic ring is 1. The van der Waals surface area contributed by atoms with Crippen molar-refractivity contribution in [2.24, 2.45) is 0 Å². The molecule has 112 valence electrons. The summed E-state index contributed by atoms with van der Waals surface area (Å²) < 4.78 is 33.2. The lowest BCUT2D eigenvalue weighted by Crippen LogP contribution is -2.34. The van der Waals surface area contributed by atoms with Gasteiger partial charge in [-0.2, -0.15) is 4.31 Å². The fourth-order valence-corrected chi connectivity index (χ4v) is 5.39. The Bertz CT molecular complexity index is 578. The summed E-state index contributed by atoms with van der Waals surface area (Å²) in [6.07, 6.45) is 1.82. The summed E-state index contributed by atoms with van der Waals surface area (Å²) in [5, 5.41) is 0. The molecule has 1 aliphatic heterocycles. The molecule has 0 spiro atoms. The lowest BCUT2D eigenvalue weighted by atomic mass is 10.2. The lowest BCUT2D eigenvalue weighted by Gasteiger charge is -2.22. The van der Waals surface area contributed by atoms with Crippen LogP contribution in [0.1, 0.15) is 12.8 Å². The van der Waals surface area contributed by atoms with Crippen LogP contribution in [0, 0.1) is 0 Å². The molecule has 2 rings (SSSR count). The molecule has 1 aliphatic rings. The maximum absolute atomic E-state index is 12.6. The molecule has 0 saturated carbocycles. The van der Waals surface area contributed by atoms with Gasteiger partial charge in [0.05, 0.1) is 11.8 Å². The van der Waals surface area contributed by atoms with E-state index in [2.05, 4.69) is 31.9 Å². The molecule has 1 saturated heterocycles. The Kier molecular flexibility index (Phi) is 5.12. The first-order valence-corrected chi connectivity index (χ1v) is 9.17. The molecule has 0 aromatic heterocycles. The van der Waals surface area contributed by atoms with Crippen LogP contribution in [0.15, 0.2) is 26.0 Å². The van der Waals surface area contributed by atoms with E-state index in [1.807, 2.05) is 0 Å². The summed E-state index contributed by atoms with van der Waals surface area (Å²) in [5.41, 5.74) is 6.07. The number of ether oxygens (including phenoxy) is 1. The van der Waals surface area contributed by atoms with Crippen LogP contribution in [-0.2, 0) is 14.8 Å². The quantitative estimate of drug-likeness (QED) is 0.749. The second-order valence-electron chi connectivity index (χ2n) is 4.73. The first-order chi connectivity index (χ1) is 9.32. The van der Waals surface area contributed by atoms with E-state index >= 15 is 0 Å². The number of sulfonamides is 1. The van der Waals surface area contributed by atoms with Gasteiger partial charge in [0.1, 0.15) is 4.90 Å². The molecule has 0 aliphatic carbocycles. The molecular weight excluding hydrogens is 412 g/mol. The summed E-state index contributed by atoms with van der Waals surface area (Å²) in [6.45, 7) is 1.03. The molecular formula is C12H16Br2N2O3S. The SMILES string of the molecule is CN(CC1CCCO1)S(=O)(=O)c1c(N)cc(Br)cc1Br. The third kappa shape index (κ3) is 3.36. The fourth-order valence-electron chi connectivity index (χ4n) is 2.18. The Balaban J connectivity index is 2.29. The average Bonchev–Trinajstić information content (AvgIpc) is 2.79.